The van der Waals surface area contributed by atoms with E-state index in [0.717, 1.165) is 30.5 Å². The van der Waals surface area contributed by atoms with Crippen molar-refractivity contribution in [3.8, 4) is 5.75 Å². The Morgan fingerprint density at radius 2 is 2.15 bits per heavy atom. The lowest BCUT2D eigenvalue weighted by atomic mass is 9.83. The number of morpholine rings is 1. The van der Waals surface area contributed by atoms with Crippen LogP contribution in [0, 0.1) is 11.8 Å². The fraction of sp³-hybridized carbons (Fsp3) is 0.700. The molecule has 0 aromatic carbocycles. The molecule has 0 amide bonds. The van der Waals surface area contributed by atoms with Crippen LogP contribution in [0.2, 0.25) is 0 Å². The van der Waals surface area contributed by atoms with Gasteiger partial charge >= 0.3 is 5.97 Å². The Balaban J connectivity index is 1.52. The zero-order chi connectivity index (χ0) is 18.4. The highest BCUT2D eigenvalue weighted by molar-refractivity contribution is 5.66. The number of carbonyl (C=O) groups is 1. The van der Waals surface area contributed by atoms with Crippen molar-refractivity contribution >= 4 is 11.7 Å². The van der Waals surface area contributed by atoms with E-state index in [1.54, 1.807) is 6.20 Å². The normalized spacial score (nSPS) is 26.5. The zero-order valence-electron chi connectivity index (χ0n) is 15.6. The van der Waals surface area contributed by atoms with Crippen LogP contribution in [0.5, 0.6) is 5.75 Å². The van der Waals surface area contributed by atoms with Crippen molar-refractivity contribution < 1.29 is 19.4 Å². The third-order valence-electron chi connectivity index (χ3n) is 5.50. The minimum atomic E-state index is -0.778. The number of carboxylic acid groups (broad SMARTS) is 1. The number of carboxylic acids is 1. The lowest BCUT2D eigenvalue weighted by Gasteiger charge is -2.34. The third kappa shape index (κ3) is 5.59. The molecule has 1 saturated carbocycles. The van der Waals surface area contributed by atoms with E-state index in [1.807, 2.05) is 12.3 Å². The Kier molecular flexibility index (Phi) is 6.72. The molecule has 1 saturated heterocycles. The van der Waals surface area contributed by atoms with Crippen LogP contribution in [0.1, 0.15) is 45.4 Å². The third-order valence-corrected chi connectivity index (χ3v) is 5.50. The Morgan fingerprint density at radius 3 is 2.92 bits per heavy atom. The van der Waals surface area contributed by atoms with Crippen LogP contribution in [0.4, 0.5) is 5.69 Å². The average molecular weight is 362 g/mol. The highest BCUT2D eigenvalue weighted by atomic mass is 16.5. The van der Waals surface area contributed by atoms with Gasteiger partial charge in [0.15, 0.2) is 0 Å². The van der Waals surface area contributed by atoms with Crippen molar-refractivity contribution in [1.82, 2.24) is 4.98 Å². The summed E-state index contributed by atoms with van der Waals surface area (Å²) in [6.45, 7) is 5.18. The maximum atomic E-state index is 10.8. The predicted octanol–water partition coefficient (Wildman–Crippen LogP) is 3.36. The molecule has 144 valence electrons. The van der Waals surface area contributed by atoms with Crippen LogP contribution in [0.15, 0.2) is 18.5 Å². The van der Waals surface area contributed by atoms with Crippen molar-refractivity contribution in [2.24, 2.45) is 11.8 Å². The van der Waals surface area contributed by atoms with E-state index < -0.39 is 5.97 Å². The number of hydrogen-bond donors (Lipinski definition) is 1. The zero-order valence-corrected chi connectivity index (χ0v) is 15.6. The molecule has 1 N–H and O–H groups in total. The van der Waals surface area contributed by atoms with Gasteiger partial charge in [-0.3, -0.25) is 9.78 Å². The summed E-state index contributed by atoms with van der Waals surface area (Å²) < 4.78 is 11.7. The number of ether oxygens (including phenoxy) is 2. The monoisotopic (exact) mass is 362 g/mol. The van der Waals surface area contributed by atoms with Gasteiger partial charge in [-0.2, -0.15) is 0 Å². The molecule has 0 radical (unpaired) electrons. The second-order valence-electron chi connectivity index (χ2n) is 7.69. The predicted molar refractivity (Wildman–Crippen MR) is 99.7 cm³/mol. The number of pyridine rings is 1. The second-order valence-corrected chi connectivity index (χ2v) is 7.69. The second kappa shape index (κ2) is 9.21. The molecule has 0 spiro atoms. The Labute approximate surface area is 155 Å². The van der Waals surface area contributed by atoms with Gasteiger partial charge in [-0.1, -0.05) is 19.8 Å². The van der Waals surface area contributed by atoms with Crippen molar-refractivity contribution in [2.75, 3.05) is 31.2 Å². The molecule has 0 bridgehead atoms. The molecule has 2 aliphatic rings. The first kappa shape index (κ1) is 19.0. The van der Waals surface area contributed by atoms with Crippen molar-refractivity contribution in [1.29, 1.82) is 0 Å². The molecule has 0 unspecified atom stereocenters. The summed E-state index contributed by atoms with van der Waals surface area (Å²) in [6.07, 6.45) is 9.36. The van der Waals surface area contributed by atoms with Gasteiger partial charge in [0, 0.05) is 25.6 Å². The fourth-order valence-electron chi connectivity index (χ4n) is 3.78. The molecule has 1 aromatic heterocycles. The molecule has 1 aliphatic carbocycles. The quantitative estimate of drug-likeness (QED) is 0.802. The van der Waals surface area contributed by atoms with Crippen molar-refractivity contribution in [2.45, 2.75) is 51.6 Å². The first-order valence-corrected chi connectivity index (χ1v) is 9.76. The largest absolute Gasteiger partial charge is 0.492 e. The van der Waals surface area contributed by atoms with Crippen LogP contribution < -0.4 is 9.64 Å². The van der Waals surface area contributed by atoms with Gasteiger partial charge in [-0.25, -0.2) is 0 Å². The number of nitrogens with zero attached hydrogens (tertiary/aromatic N) is 2. The molecular formula is C20H30N2O4. The van der Waals surface area contributed by atoms with Crippen molar-refractivity contribution in [3.63, 3.8) is 0 Å². The van der Waals surface area contributed by atoms with Gasteiger partial charge < -0.3 is 19.5 Å². The first-order valence-electron chi connectivity index (χ1n) is 9.76. The van der Waals surface area contributed by atoms with Gasteiger partial charge in [0.05, 0.1) is 37.4 Å². The van der Waals surface area contributed by atoms with E-state index in [1.165, 1.54) is 25.7 Å². The summed E-state index contributed by atoms with van der Waals surface area (Å²) in [7, 11) is 0. The number of aromatic nitrogens is 1. The van der Waals surface area contributed by atoms with E-state index in [9.17, 15) is 4.79 Å². The molecule has 2 heterocycles. The van der Waals surface area contributed by atoms with Gasteiger partial charge in [-0.15, -0.1) is 0 Å². The summed E-state index contributed by atoms with van der Waals surface area (Å²) in [5.41, 5.74) is 1.02. The maximum Gasteiger partial charge on any atom is 0.303 e. The van der Waals surface area contributed by atoms with E-state index >= 15 is 0 Å². The highest BCUT2D eigenvalue weighted by Crippen LogP contribution is 2.29. The number of anilines is 1. The Bertz CT molecular complexity index is 587. The average Bonchev–Trinajstić information content (AvgIpc) is 2.66. The minimum absolute atomic E-state index is 0.0475. The first-order chi connectivity index (χ1) is 12.6. The Morgan fingerprint density at radius 1 is 1.35 bits per heavy atom. The van der Waals surface area contributed by atoms with E-state index in [2.05, 4.69) is 16.8 Å². The summed E-state index contributed by atoms with van der Waals surface area (Å²) in [4.78, 5) is 17.3. The summed E-state index contributed by atoms with van der Waals surface area (Å²) in [6, 6.07) is 2.04. The molecule has 1 atom stereocenters. The molecule has 2 fully saturated rings. The number of hydrogen-bond acceptors (Lipinski definition) is 5. The van der Waals surface area contributed by atoms with E-state index in [4.69, 9.17) is 14.6 Å². The lowest BCUT2D eigenvalue weighted by molar-refractivity contribution is -0.137. The van der Waals surface area contributed by atoms with Crippen LogP contribution in [-0.4, -0.2) is 48.5 Å². The van der Waals surface area contributed by atoms with Gasteiger partial charge in [0.2, 0.25) is 0 Å². The van der Waals surface area contributed by atoms with E-state index in [0.29, 0.717) is 25.5 Å². The summed E-state index contributed by atoms with van der Waals surface area (Å²) in [5, 5.41) is 8.85. The smallest absolute Gasteiger partial charge is 0.303 e. The van der Waals surface area contributed by atoms with Gasteiger partial charge in [0.1, 0.15) is 5.75 Å². The molecular weight excluding hydrogens is 332 g/mol. The fourth-order valence-corrected chi connectivity index (χ4v) is 3.78. The molecule has 3 rings (SSSR count). The maximum absolute atomic E-state index is 10.8. The SMILES string of the molecule is CC1CCC(COc2cncc(N3CCO[C@@H](CCC(=O)O)C3)c2)CC1. The van der Waals surface area contributed by atoms with Crippen LogP contribution in [0.3, 0.4) is 0 Å². The minimum Gasteiger partial charge on any atom is -0.492 e. The lowest BCUT2D eigenvalue weighted by Crippen LogP contribution is -2.42. The molecule has 6 heteroatoms. The van der Waals surface area contributed by atoms with Crippen molar-refractivity contribution in [3.05, 3.63) is 18.5 Å². The van der Waals surface area contributed by atoms with Crippen LogP contribution >= 0.6 is 0 Å². The Hall–Kier alpha value is -1.82. The highest BCUT2D eigenvalue weighted by Gasteiger charge is 2.22. The number of aliphatic carboxylic acids is 1. The van der Waals surface area contributed by atoms with Crippen LogP contribution in [-0.2, 0) is 9.53 Å². The molecule has 1 aliphatic heterocycles. The number of rotatable bonds is 7. The molecule has 1 aromatic rings. The van der Waals surface area contributed by atoms with E-state index in [-0.39, 0.29) is 12.5 Å². The topological polar surface area (TPSA) is 71.9 Å². The van der Waals surface area contributed by atoms with Crippen LogP contribution in [0.25, 0.3) is 0 Å². The molecule has 26 heavy (non-hydrogen) atoms. The summed E-state index contributed by atoms with van der Waals surface area (Å²) in [5.74, 6) is 1.54. The van der Waals surface area contributed by atoms with Gasteiger partial charge in [-0.05, 0) is 31.1 Å². The standard InChI is InChI=1S/C20H30N2O4/c1-15-2-4-16(5-3-15)14-26-19-10-17(11-21-12-19)22-8-9-25-18(13-22)6-7-20(23)24/h10-12,15-16,18H,2-9,13-14H2,1H3,(H,23,24)/t15?,16?,18-/m0/s1. The molecule has 6 nitrogen and oxygen atoms in total. The summed E-state index contributed by atoms with van der Waals surface area (Å²) >= 11 is 0. The van der Waals surface area contributed by atoms with Gasteiger partial charge in [0.25, 0.3) is 0 Å².